The van der Waals surface area contributed by atoms with Crippen LogP contribution in [0.4, 0.5) is 4.79 Å². The normalized spacial score (nSPS) is 20.8. The predicted molar refractivity (Wildman–Crippen MR) is 63.3 cm³/mol. The molecule has 2 atom stereocenters. The number of amides is 2. The second-order valence-corrected chi connectivity index (χ2v) is 4.31. The topological polar surface area (TPSA) is 99.1 Å². The van der Waals surface area contributed by atoms with Gasteiger partial charge in [0.1, 0.15) is 0 Å². The van der Waals surface area contributed by atoms with Crippen molar-refractivity contribution in [2.75, 3.05) is 26.8 Å². The Morgan fingerprint density at radius 1 is 1.56 bits per heavy atom. The van der Waals surface area contributed by atoms with E-state index in [1.165, 1.54) is 7.11 Å². The molecule has 0 radical (unpaired) electrons. The predicted octanol–water partition coefficient (Wildman–Crippen LogP) is -0.358. The summed E-state index contributed by atoms with van der Waals surface area (Å²) in [5.74, 6) is -0.967. The maximum atomic E-state index is 11.8. The number of carbonyl (C=O) groups is 2. The molecule has 1 heterocycles. The van der Waals surface area contributed by atoms with Crippen molar-refractivity contribution in [3.05, 3.63) is 0 Å². The first kappa shape index (κ1) is 14.7. The molecule has 0 spiro atoms. The molecular formula is C11H20N2O5. The number of ether oxygens (including phenoxy) is 1. The molecule has 0 aromatic rings. The number of hydrogen-bond acceptors (Lipinski definition) is 4. The molecule has 0 aliphatic carbocycles. The Labute approximate surface area is 106 Å². The standard InChI is InChI=1S/C11H20N2O5/c1-18-9(5-10(15)16)6-12-11(17)13-4-2-3-8(13)7-14/h8-9,14H,2-7H2,1H3,(H,12,17)(H,15,16). The van der Waals surface area contributed by atoms with Gasteiger partial charge in [-0.05, 0) is 12.8 Å². The molecule has 1 rings (SSSR count). The Hall–Kier alpha value is -1.34. The summed E-state index contributed by atoms with van der Waals surface area (Å²) >= 11 is 0. The van der Waals surface area contributed by atoms with E-state index in [-0.39, 0.29) is 31.6 Å². The monoisotopic (exact) mass is 260 g/mol. The minimum atomic E-state index is -0.967. The molecule has 0 aromatic heterocycles. The third kappa shape index (κ3) is 4.15. The molecule has 104 valence electrons. The zero-order chi connectivity index (χ0) is 13.5. The van der Waals surface area contributed by atoms with Crippen LogP contribution in [-0.4, -0.2) is 66.1 Å². The first-order valence-corrected chi connectivity index (χ1v) is 5.98. The van der Waals surface area contributed by atoms with Crippen LogP contribution in [0.25, 0.3) is 0 Å². The second kappa shape index (κ2) is 7.17. The van der Waals surface area contributed by atoms with Crippen LogP contribution >= 0.6 is 0 Å². The van der Waals surface area contributed by atoms with Crippen molar-refractivity contribution in [2.24, 2.45) is 0 Å². The Kier molecular flexibility index (Phi) is 5.87. The van der Waals surface area contributed by atoms with Crippen LogP contribution in [0.15, 0.2) is 0 Å². The highest BCUT2D eigenvalue weighted by Gasteiger charge is 2.28. The number of aliphatic carboxylic acids is 1. The van der Waals surface area contributed by atoms with Crippen LogP contribution in [-0.2, 0) is 9.53 Å². The van der Waals surface area contributed by atoms with E-state index in [4.69, 9.17) is 14.9 Å². The third-order valence-electron chi connectivity index (χ3n) is 3.07. The van der Waals surface area contributed by atoms with Crippen molar-refractivity contribution in [2.45, 2.75) is 31.4 Å². The molecule has 1 aliphatic rings. The molecule has 2 amide bonds. The Balaban J connectivity index is 2.37. The summed E-state index contributed by atoms with van der Waals surface area (Å²) < 4.78 is 4.96. The van der Waals surface area contributed by atoms with E-state index in [0.29, 0.717) is 6.54 Å². The summed E-state index contributed by atoms with van der Waals surface area (Å²) in [6.07, 6.45) is 0.982. The van der Waals surface area contributed by atoms with Crippen molar-refractivity contribution >= 4 is 12.0 Å². The lowest BCUT2D eigenvalue weighted by molar-refractivity contribution is -0.139. The fourth-order valence-electron chi connectivity index (χ4n) is 2.03. The van der Waals surface area contributed by atoms with Gasteiger partial charge in [0.25, 0.3) is 0 Å². The summed E-state index contributed by atoms with van der Waals surface area (Å²) in [4.78, 5) is 23.9. The summed E-state index contributed by atoms with van der Waals surface area (Å²) in [6.45, 7) is 0.722. The van der Waals surface area contributed by atoms with Crippen molar-refractivity contribution in [3.63, 3.8) is 0 Å². The van der Waals surface area contributed by atoms with E-state index in [0.717, 1.165) is 12.8 Å². The molecule has 2 unspecified atom stereocenters. The summed E-state index contributed by atoms with van der Waals surface area (Å²) in [5, 5.41) is 20.4. The van der Waals surface area contributed by atoms with Crippen LogP contribution in [0.1, 0.15) is 19.3 Å². The first-order chi connectivity index (χ1) is 8.58. The van der Waals surface area contributed by atoms with Gasteiger partial charge in [-0.2, -0.15) is 0 Å². The van der Waals surface area contributed by atoms with Gasteiger partial charge in [-0.25, -0.2) is 4.79 Å². The molecule has 7 nitrogen and oxygen atoms in total. The number of rotatable bonds is 6. The number of carboxylic acid groups (broad SMARTS) is 1. The number of hydrogen-bond donors (Lipinski definition) is 3. The fourth-order valence-corrected chi connectivity index (χ4v) is 2.03. The van der Waals surface area contributed by atoms with E-state index < -0.39 is 12.1 Å². The number of carbonyl (C=O) groups excluding carboxylic acids is 1. The van der Waals surface area contributed by atoms with Gasteiger partial charge in [0.2, 0.25) is 0 Å². The molecule has 0 aromatic carbocycles. The number of likely N-dealkylation sites (tertiary alicyclic amines) is 1. The van der Waals surface area contributed by atoms with Crippen LogP contribution < -0.4 is 5.32 Å². The molecule has 1 fully saturated rings. The van der Waals surface area contributed by atoms with Crippen LogP contribution in [0.2, 0.25) is 0 Å². The molecule has 0 bridgehead atoms. The zero-order valence-electron chi connectivity index (χ0n) is 10.5. The molecule has 3 N–H and O–H groups in total. The molecule has 7 heteroatoms. The van der Waals surface area contributed by atoms with E-state index in [2.05, 4.69) is 5.32 Å². The summed E-state index contributed by atoms with van der Waals surface area (Å²) in [7, 11) is 1.41. The van der Waals surface area contributed by atoms with Crippen LogP contribution in [0, 0.1) is 0 Å². The average molecular weight is 260 g/mol. The van der Waals surface area contributed by atoms with Gasteiger partial charge in [0.05, 0.1) is 25.2 Å². The van der Waals surface area contributed by atoms with Crippen molar-refractivity contribution in [3.8, 4) is 0 Å². The number of methoxy groups -OCH3 is 1. The minimum absolute atomic E-state index is 0.0454. The molecule has 18 heavy (non-hydrogen) atoms. The number of carboxylic acids is 1. The molecule has 0 saturated carbocycles. The van der Waals surface area contributed by atoms with E-state index in [1.54, 1.807) is 4.90 Å². The van der Waals surface area contributed by atoms with Crippen molar-refractivity contribution < 1.29 is 24.5 Å². The Bertz CT molecular complexity index is 297. The highest BCUT2D eigenvalue weighted by molar-refractivity contribution is 5.75. The minimum Gasteiger partial charge on any atom is -0.481 e. The van der Waals surface area contributed by atoms with E-state index in [9.17, 15) is 9.59 Å². The lowest BCUT2D eigenvalue weighted by Crippen LogP contribution is -2.46. The number of aliphatic hydroxyl groups is 1. The smallest absolute Gasteiger partial charge is 0.317 e. The average Bonchev–Trinajstić information content (AvgIpc) is 2.81. The van der Waals surface area contributed by atoms with Gasteiger partial charge in [0, 0.05) is 20.2 Å². The lowest BCUT2D eigenvalue weighted by Gasteiger charge is -2.24. The van der Waals surface area contributed by atoms with Gasteiger partial charge in [0.15, 0.2) is 0 Å². The molecule has 1 aliphatic heterocycles. The second-order valence-electron chi connectivity index (χ2n) is 4.31. The number of nitrogens with zero attached hydrogens (tertiary/aromatic N) is 1. The van der Waals surface area contributed by atoms with Gasteiger partial charge in [-0.1, -0.05) is 0 Å². The van der Waals surface area contributed by atoms with Gasteiger partial charge >= 0.3 is 12.0 Å². The van der Waals surface area contributed by atoms with Crippen molar-refractivity contribution in [1.29, 1.82) is 0 Å². The van der Waals surface area contributed by atoms with Gasteiger partial charge < -0.3 is 25.2 Å². The van der Waals surface area contributed by atoms with Gasteiger partial charge in [-0.15, -0.1) is 0 Å². The number of nitrogens with one attached hydrogen (secondary N) is 1. The fraction of sp³-hybridized carbons (Fsp3) is 0.818. The molecular weight excluding hydrogens is 240 g/mol. The zero-order valence-corrected chi connectivity index (χ0v) is 10.5. The molecule has 1 saturated heterocycles. The van der Waals surface area contributed by atoms with Crippen molar-refractivity contribution in [1.82, 2.24) is 10.2 Å². The lowest BCUT2D eigenvalue weighted by atomic mass is 10.2. The largest absolute Gasteiger partial charge is 0.481 e. The highest BCUT2D eigenvalue weighted by Crippen LogP contribution is 2.16. The maximum absolute atomic E-state index is 11.8. The van der Waals surface area contributed by atoms with E-state index >= 15 is 0 Å². The number of aliphatic hydroxyl groups excluding tert-OH is 1. The van der Waals surface area contributed by atoms with Gasteiger partial charge in [-0.3, -0.25) is 4.79 Å². The summed E-state index contributed by atoms with van der Waals surface area (Å²) in [5.41, 5.74) is 0. The van der Waals surface area contributed by atoms with Crippen LogP contribution in [0.3, 0.4) is 0 Å². The third-order valence-corrected chi connectivity index (χ3v) is 3.07. The Morgan fingerprint density at radius 3 is 2.83 bits per heavy atom. The SMILES string of the molecule is COC(CNC(=O)N1CCCC1CO)CC(=O)O. The Morgan fingerprint density at radius 2 is 2.28 bits per heavy atom. The number of urea groups is 1. The highest BCUT2D eigenvalue weighted by atomic mass is 16.5. The maximum Gasteiger partial charge on any atom is 0.317 e. The quantitative estimate of drug-likeness (QED) is 0.606. The van der Waals surface area contributed by atoms with Crippen LogP contribution in [0.5, 0.6) is 0 Å². The summed E-state index contributed by atoms with van der Waals surface area (Å²) in [6, 6.07) is -0.413. The van der Waals surface area contributed by atoms with E-state index in [1.807, 2.05) is 0 Å². The first-order valence-electron chi connectivity index (χ1n) is 5.98.